The SMILES string of the molecule is CN1c2ccccc2C(C)(C)C12C=Cc1cc(C#Cc3ccc4c(c3)C=CC3(O4)N(C)c4ccc(NC(=O)c5ccccc5)cc4C3(C)C)ccc1O2. The van der Waals surface area contributed by atoms with Crippen LogP contribution in [0.25, 0.3) is 12.2 Å². The number of benzene rings is 5. The third kappa shape index (κ3) is 4.70. The minimum atomic E-state index is -0.750. The Kier molecular flexibility index (Phi) is 7.04. The number of ether oxygens (including phenoxy) is 2. The number of para-hydroxylation sites is 1. The third-order valence-electron chi connectivity index (χ3n) is 11.9. The first-order valence-corrected chi connectivity index (χ1v) is 18.1. The molecule has 4 aliphatic rings. The number of likely N-dealkylation sites (N-methyl/N-ethyl adjacent to an activating group) is 2. The van der Waals surface area contributed by atoms with E-state index in [0.29, 0.717) is 5.56 Å². The van der Waals surface area contributed by atoms with E-state index < -0.39 is 16.9 Å². The summed E-state index contributed by atoms with van der Waals surface area (Å²) in [5, 5.41) is 3.07. The Balaban J connectivity index is 0.940. The molecule has 6 heteroatoms. The molecule has 6 nitrogen and oxygen atoms in total. The first-order chi connectivity index (χ1) is 25.4. The Morgan fingerprint density at radius 2 is 1.13 bits per heavy atom. The van der Waals surface area contributed by atoms with Crippen LogP contribution in [-0.4, -0.2) is 31.5 Å². The zero-order chi connectivity index (χ0) is 36.8. The lowest BCUT2D eigenvalue weighted by atomic mass is 9.76. The van der Waals surface area contributed by atoms with Gasteiger partial charge in [0.1, 0.15) is 11.5 Å². The van der Waals surface area contributed by atoms with E-state index in [2.05, 4.69) is 142 Å². The molecule has 4 heterocycles. The fourth-order valence-electron chi connectivity index (χ4n) is 8.76. The minimum absolute atomic E-state index is 0.135. The number of nitrogens with one attached hydrogen (secondary N) is 1. The lowest BCUT2D eigenvalue weighted by molar-refractivity contribution is 0.0581. The molecule has 0 aliphatic carbocycles. The standard InChI is InChI=1S/C47H41N3O3/c1-44(2)37-14-10-11-15-39(37)49(5)46(44)26-24-34-28-31(18-22-41(34)52-46)16-17-32-19-23-42-35(29-32)25-27-47(53-42)45(3,4)38-30-36(20-21-40(38)50(47)6)48-43(51)33-12-8-7-9-13-33/h7-15,18-30H,1-6H3,(H,48,51). The zero-order valence-corrected chi connectivity index (χ0v) is 30.8. The number of carbonyl (C=O) groups is 1. The van der Waals surface area contributed by atoms with Gasteiger partial charge in [0.15, 0.2) is 0 Å². The highest BCUT2D eigenvalue weighted by Gasteiger charge is 2.58. The van der Waals surface area contributed by atoms with Crippen LogP contribution in [0.15, 0.2) is 121 Å². The van der Waals surface area contributed by atoms with E-state index in [9.17, 15) is 4.79 Å². The molecule has 0 fully saturated rings. The monoisotopic (exact) mass is 695 g/mol. The molecule has 5 aromatic rings. The van der Waals surface area contributed by atoms with E-state index in [-0.39, 0.29) is 11.3 Å². The van der Waals surface area contributed by atoms with Gasteiger partial charge >= 0.3 is 0 Å². The Morgan fingerprint density at radius 3 is 1.72 bits per heavy atom. The summed E-state index contributed by atoms with van der Waals surface area (Å²) in [6.07, 6.45) is 8.66. The first kappa shape index (κ1) is 32.7. The Bertz CT molecular complexity index is 2470. The van der Waals surface area contributed by atoms with Crippen LogP contribution in [0.2, 0.25) is 0 Å². The van der Waals surface area contributed by atoms with Gasteiger partial charge in [-0.2, -0.15) is 0 Å². The van der Waals surface area contributed by atoms with E-state index in [4.69, 9.17) is 9.47 Å². The van der Waals surface area contributed by atoms with Crippen LogP contribution in [0.5, 0.6) is 11.5 Å². The number of amides is 1. The van der Waals surface area contributed by atoms with Crippen LogP contribution in [0.4, 0.5) is 17.1 Å². The summed E-state index contributed by atoms with van der Waals surface area (Å²) in [5.41, 5.74) is 7.80. The Hall–Kier alpha value is -6.19. The van der Waals surface area contributed by atoms with Gasteiger partial charge in [-0.3, -0.25) is 4.79 Å². The third-order valence-corrected chi connectivity index (χ3v) is 11.9. The van der Waals surface area contributed by atoms with Gasteiger partial charge in [0, 0.05) is 59.0 Å². The van der Waals surface area contributed by atoms with Crippen molar-refractivity contribution in [3.8, 4) is 23.3 Å². The van der Waals surface area contributed by atoms with Crippen molar-refractivity contribution < 1.29 is 14.3 Å². The maximum Gasteiger partial charge on any atom is 0.255 e. The van der Waals surface area contributed by atoms with Crippen molar-refractivity contribution >= 4 is 35.1 Å². The van der Waals surface area contributed by atoms with Gasteiger partial charge < -0.3 is 24.6 Å². The number of fused-ring (bicyclic) bond motifs is 4. The molecule has 262 valence electrons. The normalized spacial score (nSPS) is 21.8. The number of rotatable bonds is 2. The highest BCUT2D eigenvalue weighted by molar-refractivity contribution is 6.04. The second-order valence-corrected chi connectivity index (χ2v) is 15.5. The largest absolute Gasteiger partial charge is 0.463 e. The maximum absolute atomic E-state index is 12.9. The number of hydrogen-bond donors (Lipinski definition) is 1. The van der Waals surface area contributed by atoms with E-state index in [1.54, 1.807) is 0 Å². The van der Waals surface area contributed by atoms with Gasteiger partial charge in [0.2, 0.25) is 11.4 Å². The molecule has 2 unspecified atom stereocenters. The molecule has 0 saturated heterocycles. The molecule has 2 spiro atoms. The molecule has 0 aromatic heterocycles. The molecule has 5 aromatic carbocycles. The van der Waals surface area contributed by atoms with Crippen molar-refractivity contribution in [3.05, 3.63) is 160 Å². The second kappa shape index (κ2) is 11.4. The fraction of sp³-hybridized carbons (Fsp3) is 0.213. The summed E-state index contributed by atoms with van der Waals surface area (Å²) >= 11 is 0. The van der Waals surface area contributed by atoms with Crippen molar-refractivity contribution in [3.63, 3.8) is 0 Å². The van der Waals surface area contributed by atoms with Crippen LogP contribution in [0.1, 0.15) is 71.4 Å². The van der Waals surface area contributed by atoms with E-state index in [1.165, 1.54) is 11.3 Å². The average molecular weight is 696 g/mol. The predicted octanol–water partition coefficient (Wildman–Crippen LogP) is 9.40. The van der Waals surface area contributed by atoms with Crippen molar-refractivity contribution in [1.82, 2.24) is 0 Å². The lowest BCUT2D eigenvalue weighted by Gasteiger charge is -2.45. The van der Waals surface area contributed by atoms with Crippen LogP contribution >= 0.6 is 0 Å². The molecule has 1 N–H and O–H groups in total. The molecule has 1 amide bonds. The summed E-state index contributed by atoms with van der Waals surface area (Å²) in [6, 6.07) is 36.2. The van der Waals surface area contributed by atoms with Crippen LogP contribution < -0.4 is 24.6 Å². The summed E-state index contributed by atoms with van der Waals surface area (Å²) in [5.74, 6) is 8.27. The van der Waals surface area contributed by atoms with E-state index in [1.807, 2.05) is 60.7 Å². The van der Waals surface area contributed by atoms with Gasteiger partial charge in [-0.05, 0) is 136 Å². The highest BCUT2D eigenvalue weighted by Crippen LogP contribution is 2.56. The lowest BCUT2D eigenvalue weighted by Crippen LogP contribution is -2.58. The highest BCUT2D eigenvalue weighted by atomic mass is 16.5. The molecular weight excluding hydrogens is 655 g/mol. The molecule has 0 bridgehead atoms. The number of anilines is 3. The van der Waals surface area contributed by atoms with Gasteiger partial charge in [-0.25, -0.2) is 0 Å². The minimum Gasteiger partial charge on any atom is -0.463 e. The Morgan fingerprint density at radius 1 is 0.604 bits per heavy atom. The molecule has 0 saturated carbocycles. The molecular formula is C47H41N3O3. The molecule has 2 atom stereocenters. The summed E-state index contributed by atoms with van der Waals surface area (Å²) < 4.78 is 13.8. The number of hydrogen-bond acceptors (Lipinski definition) is 5. The van der Waals surface area contributed by atoms with Gasteiger partial charge in [-0.1, -0.05) is 48.2 Å². The quantitative estimate of drug-likeness (QED) is 0.187. The average Bonchev–Trinajstić information content (AvgIpc) is 3.43. The van der Waals surface area contributed by atoms with Crippen LogP contribution in [-0.2, 0) is 10.8 Å². The van der Waals surface area contributed by atoms with Crippen molar-refractivity contribution in [1.29, 1.82) is 0 Å². The zero-order valence-electron chi connectivity index (χ0n) is 30.8. The number of nitrogens with zero attached hydrogens (tertiary/aromatic N) is 2. The Labute approximate surface area is 311 Å². The van der Waals surface area contributed by atoms with Crippen molar-refractivity contribution in [2.75, 3.05) is 29.2 Å². The van der Waals surface area contributed by atoms with E-state index >= 15 is 0 Å². The van der Waals surface area contributed by atoms with Gasteiger partial charge in [0.05, 0.1) is 10.8 Å². The summed E-state index contributed by atoms with van der Waals surface area (Å²) in [4.78, 5) is 17.4. The van der Waals surface area contributed by atoms with Crippen molar-refractivity contribution in [2.45, 2.75) is 50.0 Å². The first-order valence-electron chi connectivity index (χ1n) is 18.1. The van der Waals surface area contributed by atoms with Crippen molar-refractivity contribution in [2.24, 2.45) is 0 Å². The maximum atomic E-state index is 12.9. The second-order valence-electron chi connectivity index (χ2n) is 15.5. The smallest absolute Gasteiger partial charge is 0.255 e. The van der Waals surface area contributed by atoms with Crippen LogP contribution in [0, 0.1) is 11.8 Å². The fourth-order valence-corrected chi connectivity index (χ4v) is 8.76. The van der Waals surface area contributed by atoms with Gasteiger partial charge in [-0.15, -0.1) is 0 Å². The van der Waals surface area contributed by atoms with Crippen LogP contribution in [0.3, 0.4) is 0 Å². The molecule has 9 rings (SSSR count). The molecule has 4 aliphatic heterocycles. The topological polar surface area (TPSA) is 54.0 Å². The predicted molar refractivity (Wildman–Crippen MR) is 214 cm³/mol. The summed E-state index contributed by atoms with van der Waals surface area (Å²) in [7, 11) is 4.17. The van der Waals surface area contributed by atoms with Gasteiger partial charge in [0.25, 0.3) is 5.91 Å². The summed E-state index contributed by atoms with van der Waals surface area (Å²) in [6.45, 7) is 8.89. The number of carbonyl (C=O) groups excluding carboxylic acids is 1. The molecule has 53 heavy (non-hydrogen) atoms. The van der Waals surface area contributed by atoms with E-state index in [0.717, 1.165) is 50.7 Å². The molecule has 0 radical (unpaired) electrons.